The lowest BCUT2D eigenvalue weighted by Crippen LogP contribution is -2.37. The molecule has 0 spiro atoms. The molecule has 4 nitrogen and oxygen atoms in total. The smallest absolute Gasteiger partial charge is 0.191 e. The summed E-state index contributed by atoms with van der Waals surface area (Å²) in [5.74, 6) is 0.465. The molecule has 2 aromatic rings. The van der Waals surface area contributed by atoms with Gasteiger partial charge in [-0.15, -0.1) is 0 Å². The molecule has 0 saturated carbocycles. The van der Waals surface area contributed by atoms with Crippen LogP contribution in [-0.2, 0) is 11.3 Å². The second-order valence-corrected chi connectivity index (χ2v) is 5.76. The summed E-state index contributed by atoms with van der Waals surface area (Å²) in [5, 5.41) is 6.40. The maximum absolute atomic E-state index is 13.2. The monoisotopic (exact) mass is 343 g/mol. The first kappa shape index (κ1) is 18.9. The second-order valence-electron chi connectivity index (χ2n) is 5.76. The Morgan fingerprint density at radius 1 is 1.12 bits per heavy atom. The Hall–Kier alpha value is -2.40. The van der Waals surface area contributed by atoms with Gasteiger partial charge >= 0.3 is 0 Å². The highest BCUT2D eigenvalue weighted by molar-refractivity contribution is 5.79. The van der Waals surface area contributed by atoms with Gasteiger partial charge in [0.1, 0.15) is 5.82 Å². The van der Waals surface area contributed by atoms with Gasteiger partial charge in [-0.2, -0.15) is 0 Å². The van der Waals surface area contributed by atoms with Gasteiger partial charge in [0.25, 0.3) is 0 Å². The summed E-state index contributed by atoms with van der Waals surface area (Å²) < 4.78 is 19.0. The molecular weight excluding hydrogens is 317 g/mol. The number of halogens is 1. The molecule has 0 aromatic heterocycles. The Kier molecular flexibility index (Phi) is 7.92. The van der Waals surface area contributed by atoms with Crippen molar-refractivity contribution < 1.29 is 9.13 Å². The Labute approximate surface area is 149 Å². The molecule has 0 saturated heterocycles. The minimum absolute atomic E-state index is 0.0895. The number of benzene rings is 2. The topological polar surface area (TPSA) is 45.7 Å². The van der Waals surface area contributed by atoms with Gasteiger partial charge in [-0.3, -0.25) is 4.99 Å². The van der Waals surface area contributed by atoms with Gasteiger partial charge in [0.2, 0.25) is 0 Å². The standard InChI is InChI=1S/C20H26FN3O/c1-16(18-9-4-3-5-10-18)25-13-7-12-23-20(22-2)24-15-17-8-6-11-19(21)14-17/h3-6,8-11,14,16H,7,12-13,15H2,1-2H3,(H2,22,23,24). The van der Waals surface area contributed by atoms with E-state index in [1.54, 1.807) is 13.1 Å². The lowest BCUT2D eigenvalue weighted by molar-refractivity contribution is 0.0646. The van der Waals surface area contributed by atoms with Crippen LogP contribution >= 0.6 is 0 Å². The zero-order chi connectivity index (χ0) is 17.9. The van der Waals surface area contributed by atoms with Crippen molar-refractivity contribution in [3.05, 3.63) is 71.5 Å². The van der Waals surface area contributed by atoms with E-state index in [0.717, 1.165) is 18.5 Å². The summed E-state index contributed by atoms with van der Waals surface area (Å²) in [6.45, 7) is 4.01. The van der Waals surface area contributed by atoms with E-state index in [2.05, 4.69) is 34.7 Å². The summed E-state index contributed by atoms with van der Waals surface area (Å²) in [7, 11) is 1.72. The van der Waals surface area contributed by atoms with E-state index >= 15 is 0 Å². The fourth-order valence-electron chi connectivity index (χ4n) is 2.41. The normalized spacial score (nSPS) is 12.7. The Bertz CT molecular complexity index is 661. The molecule has 1 unspecified atom stereocenters. The Balaban J connectivity index is 1.63. The largest absolute Gasteiger partial charge is 0.374 e. The van der Waals surface area contributed by atoms with E-state index in [-0.39, 0.29) is 11.9 Å². The summed E-state index contributed by atoms with van der Waals surface area (Å²) >= 11 is 0. The van der Waals surface area contributed by atoms with Crippen LogP contribution in [0.15, 0.2) is 59.6 Å². The molecule has 0 heterocycles. The van der Waals surface area contributed by atoms with Crippen molar-refractivity contribution in [2.45, 2.75) is 26.0 Å². The maximum Gasteiger partial charge on any atom is 0.191 e. The van der Waals surface area contributed by atoms with Crippen molar-refractivity contribution in [2.75, 3.05) is 20.2 Å². The van der Waals surface area contributed by atoms with Gasteiger partial charge in [-0.25, -0.2) is 4.39 Å². The molecule has 2 aromatic carbocycles. The van der Waals surface area contributed by atoms with Crippen LogP contribution in [0, 0.1) is 5.82 Å². The van der Waals surface area contributed by atoms with Crippen LogP contribution in [0.2, 0.25) is 0 Å². The van der Waals surface area contributed by atoms with Crippen LogP contribution in [0.3, 0.4) is 0 Å². The number of ether oxygens (including phenoxy) is 1. The molecule has 2 rings (SSSR count). The van der Waals surface area contributed by atoms with E-state index in [9.17, 15) is 4.39 Å². The quantitative estimate of drug-likeness (QED) is 0.437. The molecular formula is C20H26FN3O. The fourth-order valence-corrected chi connectivity index (χ4v) is 2.41. The second kappa shape index (κ2) is 10.5. The van der Waals surface area contributed by atoms with Crippen molar-refractivity contribution in [3.63, 3.8) is 0 Å². The van der Waals surface area contributed by atoms with Crippen LogP contribution in [-0.4, -0.2) is 26.2 Å². The van der Waals surface area contributed by atoms with Crippen molar-refractivity contribution in [2.24, 2.45) is 4.99 Å². The first-order valence-corrected chi connectivity index (χ1v) is 8.54. The molecule has 2 N–H and O–H groups in total. The van der Waals surface area contributed by atoms with Crippen LogP contribution in [0.4, 0.5) is 4.39 Å². The number of nitrogens with zero attached hydrogens (tertiary/aromatic N) is 1. The molecule has 134 valence electrons. The van der Waals surface area contributed by atoms with Gasteiger partial charge in [-0.1, -0.05) is 42.5 Å². The van der Waals surface area contributed by atoms with E-state index in [0.29, 0.717) is 19.1 Å². The third-order valence-electron chi connectivity index (χ3n) is 3.82. The number of guanidine groups is 1. The lowest BCUT2D eigenvalue weighted by atomic mass is 10.1. The fraction of sp³-hybridized carbons (Fsp3) is 0.350. The molecule has 0 amide bonds. The predicted molar refractivity (Wildman–Crippen MR) is 100 cm³/mol. The summed E-state index contributed by atoms with van der Waals surface area (Å²) in [6.07, 6.45) is 0.962. The molecule has 0 bridgehead atoms. The van der Waals surface area contributed by atoms with Gasteiger partial charge in [0.15, 0.2) is 5.96 Å². The maximum atomic E-state index is 13.2. The zero-order valence-electron chi connectivity index (χ0n) is 14.8. The van der Waals surface area contributed by atoms with Crippen molar-refractivity contribution >= 4 is 5.96 Å². The number of rotatable bonds is 8. The van der Waals surface area contributed by atoms with Crippen LogP contribution < -0.4 is 10.6 Å². The predicted octanol–water partition coefficient (Wildman–Crippen LogP) is 3.66. The third-order valence-corrected chi connectivity index (χ3v) is 3.82. The number of hydrogen-bond acceptors (Lipinski definition) is 2. The molecule has 1 atom stereocenters. The first-order valence-electron chi connectivity index (χ1n) is 8.54. The van der Waals surface area contributed by atoms with Gasteiger partial charge < -0.3 is 15.4 Å². The summed E-state index contributed by atoms with van der Waals surface area (Å²) in [4.78, 5) is 4.17. The highest BCUT2D eigenvalue weighted by Gasteiger charge is 2.04. The Morgan fingerprint density at radius 2 is 1.92 bits per heavy atom. The first-order chi connectivity index (χ1) is 12.2. The molecule has 0 aliphatic rings. The number of nitrogens with one attached hydrogen (secondary N) is 2. The molecule has 0 aliphatic carbocycles. The van der Waals surface area contributed by atoms with Gasteiger partial charge in [0.05, 0.1) is 6.10 Å². The zero-order valence-corrected chi connectivity index (χ0v) is 14.8. The molecule has 5 heteroatoms. The van der Waals surface area contributed by atoms with E-state index < -0.39 is 0 Å². The van der Waals surface area contributed by atoms with E-state index in [4.69, 9.17) is 4.74 Å². The number of aliphatic imine (C=N–C) groups is 1. The highest BCUT2D eigenvalue weighted by atomic mass is 19.1. The summed E-state index contributed by atoms with van der Waals surface area (Å²) in [5.41, 5.74) is 2.06. The van der Waals surface area contributed by atoms with E-state index in [1.165, 1.54) is 17.7 Å². The van der Waals surface area contributed by atoms with Crippen molar-refractivity contribution in [1.29, 1.82) is 0 Å². The van der Waals surface area contributed by atoms with Crippen LogP contribution in [0.5, 0.6) is 0 Å². The Morgan fingerprint density at radius 3 is 2.64 bits per heavy atom. The molecule has 0 fully saturated rings. The van der Waals surface area contributed by atoms with Crippen LogP contribution in [0.1, 0.15) is 30.6 Å². The van der Waals surface area contributed by atoms with Gasteiger partial charge in [0, 0.05) is 26.7 Å². The van der Waals surface area contributed by atoms with E-state index in [1.807, 2.05) is 24.3 Å². The minimum Gasteiger partial charge on any atom is -0.374 e. The third kappa shape index (κ3) is 6.93. The molecule has 0 radical (unpaired) electrons. The number of hydrogen-bond donors (Lipinski definition) is 2. The van der Waals surface area contributed by atoms with Crippen molar-refractivity contribution in [1.82, 2.24) is 10.6 Å². The van der Waals surface area contributed by atoms with Gasteiger partial charge in [-0.05, 0) is 36.6 Å². The van der Waals surface area contributed by atoms with Crippen molar-refractivity contribution in [3.8, 4) is 0 Å². The summed E-state index contributed by atoms with van der Waals surface area (Å²) in [6, 6.07) is 16.7. The average molecular weight is 343 g/mol. The minimum atomic E-state index is -0.230. The lowest BCUT2D eigenvalue weighted by Gasteiger charge is -2.15. The molecule has 0 aliphatic heterocycles. The average Bonchev–Trinajstić information content (AvgIpc) is 2.64. The highest BCUT2D eigenvalue weighted by Crippen LogP contribution is 2.15. The SMILES string of the molecule is CN=C(NCCCOC(C)c1ccccc1)NCc1cccc(F)c1. The van der Waals surface area contributed by atoms with Crippen LogP contribution in [0.25, 0.3) is 0 Å². The molecule has 25 heavy (non-hydrogen) atoms.